The van der Waals surface area contributed by atoms with Gasteiger partial charge in [-0.05, 0) is 40.0 Å². The molecule has 0 aliphatic heterocycles. The molecule has 7 heteroatoms. The van der Waals surface area contributed by atoms with Gasteiger partial charge in [0.25, 0.3) is 0 Å². The Hall–Kier alpha value is -1.44. The van der Waals surface area contributed by atoms with Gasteiger partial charge in [0.15, 0.2) is 0 Å². The minimum Gasteiger partial charge on any atom is -0.383 e. The fraction of sp³-hybridized carbons (Fsp3) is 0.154. The first-order chi connectivity index (χ1) is 9.40. The van der Waals surface area contributed by atoms with Gasteiger partial charge in [-0.15, -0.1) is 0 Å². The SMILES string of the molecule is Cc1ccccc1CNS(=O)(=O)c1cc(Br)cnc1N. The Kier molecular flexibility index (Phi) is 4.42. The third kappa shape index (κ3) is 3.36. The van der Waals surface area contributed by atoms with Gasteiger partial charge in [0, 0.05) is 17.2 Å². The van der Waals surface area contributed by atoms with Crippen LogP contribution in [0.5, 0.6) is 0 Å². The number of nitrogens with one attached hydrogen (secondary N) is 1. The summed E-state index contributed by atoms with van der Waals surface area (Å²) >= 11 is 3.19. The molecule has 0 spiro atoms. The molecule has 0 unspecified atom stereocenters. The molecule has 1 heterocycles. The van der Waals surface area contributed by atoms with Gasteiger partial charge in [-0.1, -0.05) is 24.3 Å². The number of aromatic nitrogens is 1. The van der Waals surface area contributed by atoms with E-state index >= 15 is 0 Å². The topological polar surface area (TPSA) is 85.1 Å². The molecule has 0 aliphatic carbocycles. The van der Waals surface area contributed by atoms with Gasteiger partial charge in [0.2, 0.25) is 10.0 Å². The number of hydrogen-bond donors (Lipinski definition) is 2. The fourth-order valence-electron chi connectivity index (χ4n) is 1.71. The summed E-state index contributed by atoms with van der Waals surface area (Å²) < 4.78 is 27.6. The summed E-state index contributed by atoms with van der Waals surface area (Å²) in [5.74, 6) is -0.0227. The molecule has 0 bridgehead atoms. The number of nitrogen functional groups attached to an aromatic ring is 1. The summed E-state index contributed by atoms with van der Waals surface area (Å²) in [5, 5.41) is 0. The monoisotopic (exact) mass is 355 g/mol. The molecule has 3 N–H and O–H groups in total. The van der Waals surface area contributed by atoms with Crippen LogP contribution in [0.4, 0.5) is 5.82 Å². The summed E-state index contributed by atoms with van der Waals surface area (Å²) in [7, 11) is -3.70. The van der Waals surface area contributed by atoms with Crippen molar-refractivity contribution in [3.05, 3.63) is 52.1 Å². The highest BCUT2D eigenvalue weighted by atomic mass is 79.9. The number of benzene rings is 1. The molecule has 20 heavy (non-hydrogen) atoms. The lowest BCUT2D eigenvalue weighted by atomic mass is 10.1. The molecule has 0 saturated carbocycles. The first-order valence-corrected chi connectivity index (χ1v) is 8.13. The van der Waals surface area contributed by atoms with Gasteiger partial charge >= 0.3 is 0 Å². The second kappa shape index (κ2) is 5.90. The lowest BCUT2D eigenvalue weighted by Crippen LogP contribution is -2.24. The number of sulfonamides is 1. The van der Waals surface area contributed by atoms with E-state index in [-0.39, 0.29) is 17.3 Å². The normalized spacial score (nSPS) is 11.5. The average molecular weight is 356 g/mol. The largest absolute Gasteiger partial charge is 0.383 e. The van der Waals surface area contributed by atoms with Crippen LogP contribution >= 0.6 is 15.9 Å². The van der Waals surface area contributed by atoms with Crippen molar-refractivity contribution in [1.29, 1.82) is 0 Å². The number of nitrogens with zero attached hydrogens (tertiary/aromatic N) is 1. The highest BCUT2D eigenvalue weighted by molar-refractivity contribution is 9.10. The molecule has 2 aromatic rings. The Morgan fingerprint density at radius 1 is 1.35 bits per heavy atom. The van der Waals surface area contributed by atoms with Crippen molar-refractivity contribution in [3.8, 4) is 0 Å². The summed E-state index contributed by atoms with van der Waals surface area (Å²) in [6, 6.07) is 9.01. The van der Waals surface area contributed by atoms with Gasteiger partial charge in [-0.2, -0.15) is 0 Å². The second-order valence-corrected chi connectivity index (χ2v) is 6.94. The minimum atomic E-state index is -3.70. The average Bonchev–Trinajstić information content (AvgIpc) is 2.40. The maximum Gasteiger partial charge on any atom is 0.244 e. The van der Waals surface area contributed by atoms with Gasteiger partial charge in [0.1, 0.15) is 10.7 Å². The number of halogens is 1. The summed E-state index contributed by atoms with van der Waals surface area (Å²) in [5.41, 5.74) is 7.56. The highest BCUT2D eigenvalue weighted by Gasteiger charge is 2.18. The molecule has 0 radical (unpaired) electrons. The fourth-order valence-corrected chi connectivity index (χ4v) is 3.30. The van der Waals surface area contributed by atoms with Crippen LogP contribution < -0.4 is 10.5 Å². The van der Waals surface area contributed by atoms with Gasteiger partial charge < -0.3 is 5.73 Å². The Bertz CT molecular complexity index is 732. The van der Waals surface area contributed by atoms with Crippen molar-refractivity contribution in [3.63, 3.8) is 0 Å². The molecule has 0 saturated heterocycles. The standard InChI is InChI=1S/C13H14BrN3O2S/c1-9-4-2-3-5-10(9)7-17-20(18,19)12-6-11(14)8-16-13(12)15/h2-6,8,17H,7H2,1H3,(H2,15,16). The van der Waals surface area contributed by atoms with Crippen LogP contribution in [0.2, 0.25) is 0 Å². The van der Waals surface area contributed by atoms with Crippen LogP contribution in [0.3, 0.4) is 0 Å². The zero-order valence-electron chi connectivity index (χ0n) is 10.8. The van der Waals surface area contributed by atoms with E-state index in [1.807, 2.05) is 31.2 Å². The predicted molar refractivity (Wildman–Crippen MR) is 81.6 cm³/mol. The van der Waals surface area contributed by atoms with E-state index in [0.717, 1.165) is 11.1 Å². The van der Waals surface area contributed by atoms with Crippen molar-refractivity contribution in [2.24, 2.45) is 0 Å². The van der Waals surface area contributed by atoms with Gasteiger partial charge in [0.05, 0.1) is 0 Å². The van der Waals surface area contributed by atoms with Crippen molar-refractivity contribution in [1.82, 2.24) is 9.71 Å². The van der Waals surface area contributed by atoms with Crippen LogP contribution in [0.1, 0.15) is 11.1 Å². The summed E-state index contributed by atoms with van der Waals surface area (Å²) in [6.07, 6.45) is 1.45. The van der Waals surface area contributed by atoms with Crippen molar-refractivity contribution < 1.29 is 8.42 Å². The van der Waals surface area contributed by atoms with Crippen LogP contribution in [-0.2, 0) is 16.6 Å². The molecule has 1 aromatic carbocycles. The van der Waals surface area contributed by atoms with E-state index in [9.17, 15) is 8.42 Å². The van der Waals surface area contributed by atoms with Crippen molar-refractivity contribution in [2.45, 2.75) is 18.4 Å². The quantitative estimate of drug-likeness (QED) is 0.880. The number of anilines is 1. The Morgan fingerprint density at radius 3 is 2.75 bits per heavy atom. The van der Waals surface area contributed by atoms with E-state index < -0.39 is 10.0 Å². The number of nitrogens with two attached hydrogens (primary N) is 1. The van der Waals surface area contributed by atoms with Crippen LogP contribution in [-0.4, -0.2) is 13.4 Å². The molecule has 1 aromatic heterocycles. The van der Waals surface area contributed by atoms with E-state index in [4.69, 9.17) is 5.73 Å². The summed E-state index contributed by atoms with van der Waals surface area (Å²) in [6.45, 7) is 2.14. The number of pyridine rings is 1. The van der Waals surface area contributed by atoms with Crippen molar-refractivity contribution >= 4 is 31.8 Å². The summed E-state index contributed by atoms with van der Waals surface area (Å²) in [4.78, 5) is 3.80. The van der Waals surface area contributed by atoms with E-state index in [1.165, 1.54) is 12.3 Å². The number of aryl methyl sites for hydroxylation is 1. The van der Waals surface area contributed by atoms with E-state index in [2.05, 4.69) is 25.6 Å². The second-order valence-electron chi connectivity index (χ2n) is 4.29. The third-order valence-corrected chi connectivity index (χ3v) is 4.72. The Balaban J connectivity index is 2.24. The molecule has 0 atom stereocenters. The smallest absolute Gasteiger partial charge is 0.244 e. The lowest BCUT2D eigenvalue weighted by Gasteiger charge is -2.10. The molecule has 106 valence electrons. The third-order valence-electron chi connectivity index (χ3n) is 2.85. The first-order valence-electron chi connectivity index (χ1n) is 5.85. The molecule has 0 aliphatic rings. The maximum absolute atomic E-state index is 12.2. The zero-order valence-corrected chi connectivity index (χ0v) is 13.2. The Morgan fingerprint density at radius 2 is 2.05 bits per heavy atom. The van der Waals surface area contributed by atoms with E-state index in [1.54, 1.807) is 0 Å². The minimum absolute atomic E-state index is 0.0227. The van der Waals surface area contributed by atoms with Crippen LogP contribution in [0.25, 0.3) is 0 Å². The molecule has 2 rings (SSSR count). The first kappa shape index (κ1) is 15.0. The van der Waals surface area contributed by atoms with Crippen LogP contribution in [0.15, 0.2) is 45.9 Å². The maximum atomic E-state index is 12.2. The molecule has 0 amide bonds. The number of hydrogen-bond acceptors (Lipinski definition) is 4. The number of rotatable bonds is 4. The van der Waals surface area contributed by atoms with Gasteiger partial charge in [-0.25, -0.2) is 18.1 Å². The predicted octanol–water partition coefficient (Wildman–Crippen LogP) is 2.21. The molecular formula is C13H14BrN3O2S. The zero-order chi connectivity index (χ0) is 14.8. The van der Waals surface area contributed by atoms with Crippen LogP contribution in [0, 0.1) is 6.92 Å². The molecule has 5 nitrogen and oxygen atoms in total. The molecule has 0 fully saturated rings. The Labute approximate surface area is 126 Å². The van der Waals surface area contributed by atoms with E-state index in [0.29, 0.717) is 4.47 Å². The lowest BCUT2D eigenvalue weighted by molar-refractivity contribution is 0.581. The molecular weight excluding hydrogens is 342 g/mol. The van der Waals surface area contributed by atoms with Gasteiger partial charge in [-0.3, -0.25) is 0 Å². The van der Waals surface area contributed by atoms with Crippen molar-refractivity contribution in [2.75, 3.05) is 5.73 Å². The highest BCUT2D eigenvalue weighted by Crippen LogP contribution is 2.20.